The van der Waals surface area contributed by atoms with Crippen LogP contribution in [0.3, 0.4) is 0 Å². The van der Waals surface area contributed by atoms with Gasteiger partial charge < -0.3 is 15.1 Å². The molecule has 1 aliphatic heterocycles. The Hall–Kier alpha value is -1.62. The van der Waals surface area contributed by atoms with Crippen LogP contribution in [-0.4, -0.2) is 56.1 Å². The summed E-state index contributed by atoms with van der Waals surface area (Å²) in [6, 6.07) is 1.96. The van der Waals surface area contributed by atoms with Gasteiger partial charge in [-0.05, 0) is 51.9 Å². The van der Waals surface area contributed by atoms with Crippen LogP contribution in [0.15, 0.2) is 18.5 Å². The number of piperidine rings is 1. The van der Waals surface area contributed by atoms with E-state index in [-0.39, 0.29) is 5.91 Å². The lowest BCUT2D eigenvalue weighted by molar-refractivity contribution is 0.0952. The van der Waals surface area contributed by atoms with Crippen molar-refractivity contribution >= 4 is 11.6 Å². The van der Waals surface area contributed by atoms with Gasteiger partial charge in [0.05, 0.1) is 17.4 Å². The molecule has 0 saturated carbocycles. The largest absolute Gasteiger partial charge is 0.370 e. The van der Waals surface area contributed by atoms with Crippen molar-refractivity contribution in [3.8, 4) is 0 Å². The summed E-state index contributed by atoms with van der Waals surface area (Å²) in [6.07, 6.45) is 6.96. The molecule has 0 aliphatic carbocycles. The number of carbonyl (C=O) groups is 1. The molecular weight excluding hydrogens is 276 g/mol. The van der Waals surface area contributed by atoms with Gasteiger partial charge >= 0.3 is 0 Å². The van der Waals surface area contributed by atoms with Crippen molar-refractivity contribution in [1.29, 1.82) is 0 Å². The molecule has 5 heteroatoms. The predicted molar refractivity (Wildman–Crippen MR) is 90.4 cm³/mol. The molecule has 1 saturated heterocycles. The summed E-state index contributed by atoms with van der Waals surface area (Å²) in [6.45, 7) is 6.06. The van der Waals surface area contributed by atoms with Crippen LogP contribution in [0.4, 0.5) is 5.69 Å². The van der Waals surface area contributed by atoms with E-state index in [1.54, 1.807) is 6.20 Å². The van der Waals surface area contributed by atoms with Gasteiger partial charge in [0.1, 0.15) is 0 Å². The predicted octanol–water partition coefficient (Wildman–Crippen LogP) is 2.00. The molecule has 0 radical (unpaired) electrons. The zero-order valence-corrected chi connectivity index (χ0v) is 14.0. The Morgan fingerprint density at radius 1 is 1.45 bits per heavy atom. The van der Waals surface area contributed by atoms with Gasteiger partial charge in [0.2, 0.25) is 0 Å². The molecule has 1 atom stereocenters. The van der Waals surface area contributed by atoms with E-state index in [1.165, 1.54) is 12.8 Å². The van der Waals surface area contributed by atoms with E-state index in [4.69, 9.17) is 0 Å². The highest BCUT2D eigenvalue weighted by atomic mass is 16.1. The molecule has 1 aliphatic rings. The van der Waals surface area contributed by atoms with Crippen molar-refractivity contribution in [1.82, 2.24) is 15.2 Å². The number of anilines is 1. The summed E-state index contributed by atoms with van der Waals surface area (Å²) in [5.41, 5.74) is 1.72. The molecule has 0 bridgehead atoms. The van der Waals surface area contributed by atoms with Gasteiger partial charge in [-0.2, -0.15) is 0 Å². The Morgan fingerprint density at radius 3 is 3.00 bits per heavy atom. The van der Waals surface area contributed by atoms with Crippen LogP contribution in [-0.2, 0) is 0 Å². The maximum absolute atomic E-state index is 12.2. The maximum Gasteiger partial charge on any atom is 0.252 e. The van der Waals surface area contributed by atoms with E-state index in [9.17, 15) is 4.79 Å². The molecule has 122 valence electrons. The molecule has 1 unspecified atom stereocenters. The topological polar surface area (TPSA) is 48.5 Å². The first-order valence-electron chi connectivity index (χ1n) is 8.19. The first-order valence-corrected chi connectivity index (χ1v) is 8.19. The van der Waals surface area contributed by atoms with E-state index in [0.29, 0.717) is 18.0 Å². The fourth-order valence-corrected chi connectivity index (χ4v) is 2.85. The monoisotopic (exact) mass is 304 g/mol. The first-order chi connectivity index (χ1) is 10.6. The van der Waals surface area contributed by atoms with Crippen molar-refractivity contribution in [3.05, 3.63) is 24.0 Å². The summed E-state index contributed by atoms with van der Waals surface area (Å²) >= 11 is 0. The zero-order chi connectivity index (χ0) is 15.9. The highest BCUT2D eigenvalue weighted by molar-refractivity contribution is 5.94. The number of amides is 1. The molecule has 0 spiro atoms. The van der Waals surface area contributed by atoms with Crippen molar-refractivity contribution in [2.45, 2.75) is 26.2 Å². The molecule has 5 nitrogen and oxygen atoms in total. The molecule has 1 N–H and O–H groups in total. The number of rotatable bonds is 6. The number of carbonyl (C=O) groups excluding carboxylic acids is 1. The first kappa shape index (κ1) is 16.7. The van der Waals surface area contributed by atoms with Gasteiger partial charge in [-0.3, -0.25) is 9.78 Å². The second kappa shape index (κ2) is 8.13. The summed E-state index contributed by atoms with van der Waals surface area (Å²) < 4.78 is 0. The molecule has 1 fully saturated rings. The minimum atomic E-state index is -0.0295. The molecule has 2 heterocycles. The summed E-state index contributed by atoms with van der Waals surface area (Å²) in [5.74, 6) is 0.676. The van der Waals surface area contributed by atoms with Crippen LogP contribution in [0, 0.1) is 5.92 Å². The molecule has 22 heavy (non-hydrogen) atoms. The summed E-state index contributed by atoms with van der Waals surface area (Å²) in [7, 11) is 4.07. The smallest absolute Gasteiger partial charge is 0.252 e. The van der Waals surface area contributed by atoms with E-state index in [1.807, 2.05) is 26.4 Å². The summed E-state index contributed by atoms with van der Waals surface area (Å²) in [5, 5.41) is 2.97. The maximum atomic E-state index is 12.2. The third-order valence-electron chi connectivity index (χ3n) is 4.08. The Labute approximate surface area is 133 Å². The van der Waals surface area contributed by atoms with Gasteiger partial charge in [0, 0.05) is 25.8 Å². The number of hydrogen-bond donors (Lipinski definition) is 1. The van der Waals surface area contributed by atoms with E-state index in [0.717, 1.165) is 31.7 Å². The van der Waals surface area contributed by atoms with E-state index in [2.05, 4.69) is 27.0 Å². The van der Waals surface area contributed by atoms with Crippen molar-refractivity contribution < 1.29 is 4.79 Å². The number of nitrogens with one attached hydrogen (secondary N) is 1. The van der Waals surface area contributed by atoms with Gasteiger partial charge in [0.15, 0.2) is 0 Å². The molecule has 2 rings (SSSR count). The van der Waals surface area contributed by atoms with Crippen molar-refractivity contribution in [2.75, 3.05) is 45.2 Å². The third-order valence-corrected chi connectivity index (χ3v) is 4.08. The third kappa shape index (κ3) is 4.98. The molecule has 1 aromatic rings. The average molecular weight is 304 g/mol. The lowest BCUT2D eigenvalue weighted by atomic mass is 10.00. The van der Waals surface area contributed by atoms with Crippen LogP contribution < -0.4 is 10.2 Å². The minimum Gasteiger partial charge on any atom is -0.370 e. The van der Waals surface area contributed by atoms with Crippen molar-refractivity contribution in [3.63, 3.8) is 0 Å². The standard InChI is InChI=1S/C17H28N4O/c1-14-6-4-9-21(13-14)16-10-15(11-18-12-16)17(22)19-7-5-8-20(2)3/h10-12,14H,4-9,13H2,1-3H3,(H,19,22). The lowest BCUT2D eigenvalue weighted by Gasteiger charge is -2.32. The fourth-order valence-electron chi connectivity index (χ4n) is 2.85. The lowest BCUT2D eigenvalue weighted by Crippen LogP contribution is -2.34. The van der Waals surface area contributed by atoms with Gasteiger partial charge in [-0.15, -0.1) is 0 Å². The van der Waals surface area contributed by atoms with Crippen LogP contribution in [0.25, 0.3) is 0 Å². The highest BCUT2D eigenvalue weighted by Gasteiger charge is 2.18. The number of pyridine rings is 1. The molecule has 1 aromatic heterocycles. The Kier molecular flexibility index (Phi) is 6.19. The van der Waals surface area contributed by atoms with Gasteiger partial charge in [-0.1, -0.05) is 6.92 Å². The number of aromatic nitrogens is 1. The second-order valence-corrected chi connectivity index (χ2v) is 6.54. The van der Waals surface area contributed by atoms with E-state index >= 15 is 0 Å². The van der Waals surface area contributed by atoms with Crippen molar-refractivity contribution in [2.24, 2.45) is 5.92 Å². The Balaban J connectivity index is 1.91. The fraction of sp³-hybridized carbons (Fsp3) is 0.647. The van der Waals surface area contributed by atoms with Gasteiger partial charge in [-0.25, -0.2) is 0 Å². The molecule has 1 amide bonds. The van der Waals surface area contributed by atoms with Crippen LogP contribution in [0.5, 0.6) is 0 Å². The Bertz CT molecular complexity index is 489. The SMILES string of the molecule is CC1CCCN(c2cncc(C(=O)NCCCN(C)C)c2)C1. The van der Waals surface area contributed by atoms with Crippen LogP contribution >= 0.6 is 0 Å². The quantitative estimate of drug-likeness (QED) is 0.817. The zero-order valence-electron chi connectivity index (χ0n) is 14.0. The second-order valence-electron chi connectivity index (χ2n) is 6.54. The van der Waals surface area contributed by atoms with Crippen LogP contribution in [0.2, 0.25) is 0 Å². The number of nitrogens with zero attached hydrogens (tertiary/aromatic N) is 3. The minimum absolute atomic E-state index is 0.0295. The normalized spacial score (nSPS) is 18.5. The Morgan fingerprint density at radius 2 is 2.27 bits per heavy atom. The average Bonchev–Trinajstić information content (AvgIpc) is 2.51. The highest BCUT2D eigenvalue weighted by Crippen LogP contribution is 2.22. The molecule has 0 aromatic carbocycles. The molecular formula is C17H28N4O. The number of hydrogen-bond acceptors (Lipinski definition) is 4. The van der Waals surface area contributed by atoms with Gasteiger partial charge in [0.25, 0.3) is 5.91 Å². The van der Waals surface area contributed by atoms with Crippen LogP contribution in [0.1, 0.15) is 36.5 Å². The summed E-state index contributed by atoms with van der Waals surface area (Å²) in [4.78, 5) is 20.9. The van der Waals surface area contributed by atoms with E-state index < -0.39 is 0 Å².